The monoisotopic (exact) mass is 416 g/mol. The van der Waals surface area contributed by atoms with Crippen LogP contribution in [0.1, 0.15) is 24.8 Å². The molecular weight excluding hydrogens is 396 g/mol. The number of thiophene rings is 1. The van der Waals surface area contributed by atoms with Crippen molar-refractivity contribution in [2.24, 2.45) is 0 Å². The number of aromatic nitrogens is 2. The van der Waals surface area contributed by atoms with Crippen molar-refractivity contribution in [1.82, 2.24) is 15.1 Å². The maximum Gasteiger partial charge on any atom is 0.310 e. The van der Waals surface area contributed by atoms with Crippen LogP contribution in [-0.4, -0.2) is 39.1 Å². The lowest BCUT2D eigenvalue weighted by atomic mass is 10.2. The van der Waals surface area contributed by atoms with Crippen LogP contribution >= 0.6 is 11.3 Å². The molecule has 10 heteroatoms. The Kier molecular flexibility index (Phi) is 6.55. The van der Waals surface area contributed by atoms with Crippen LogP contribution in [0.5, 0.6) is 5.75 Å². The number of nitro groups is 1. The summed E-state index contributed by atoms with van der Waals surface area (Å²) in [4.78, 5) is 25.7. The predicted octanol–water partition coefficient (Wildman–Crippen LogP) is 3.83. The van der Waals surface area contributed by atoms with E-state index in [0.29, 0.717) is 18.3 Å². The standard InChI is InChI=1S/C19H20N4O5S/c1-3-8-22(11-17-20-21-19(28-17)16-5-4-9-29-16)18(24)12-27-15-10-13(2)6-7-14(15)23(25)26/h4-7,9-10H,3,8,11-12H2,1-2H3. The average Bonchev–Trinajstić information content (AvgIpc) is 3.37. The molecule has 0 N–H and O–H groups in total. The second-order valence-electron chi connectivity index (χ2n) is 6.31. The van der Waals surface area contributed by atoms with Gasteiger partial charge in [-0.15, -0.1) is 21.5 Å². The van der Waals surface area contributed by atoms with Crippen LogP contribution < -0.4 is 4.74 Å². The minimum Gasteiger partial charge on any atom is -0.477 e. The smallest absolute Gasteiger partial charge is 0.310 e. The molecule has 0 aliphatic carbocycles. The Morgan fingerprint density at radius 3 is 2.86 bits per heavy atom. The molecule has 0 aliphatic rings. The lowest BCUT2D eigenvalue weighted by Crippen LogP contribution is -2.35. The van der Waals surface area contributed by atoms with Gasteiger partial charge in [0.05, 0.1) is 16.3 Å². The number of benzene rings is 1. The molecule has 3 rings (SSSR count). The first kappa shape index (κ1) is 20.5. The maximum absolute atomic E-state index is 12.7. The van der Waals surface area contributed by atoms with Crippen molar-refractivity contribution in [3.05, 3.63) is 57.3 Å². The number of amides is 1. The summed E-state index contributed by atoms with van der Waals surface area (Å²) in [6.45, 7) is 4.02. The molecule has 0 fully saturated rings. The molecule has 0 bridgehead atoms. The summed E-state index contributed by atoms with van der Waals surface area (Å²) >= 11 is 1.48. The Hall–Kier alpha value is -3.27. The van der Waals surface area contributed by atoms with Crippen molar-refractivity contribution in [2.75, 3.05) is 13.2 Å². The van der Waals surface area contributed by atoms with E-state index >= 15 is 0 Å². The number of nitro benzene ring substituents is 1. The molecular formula is C19H20N4O5S. The summed E-state index contributed by atoms with van der Waals surface area (Å²) in [6.07, 6.45) is 0.724. The summed E-state index contributed by atoms with van der Waals surface area (Å²) in [7, 11) is 0. The van der Waals surface area contributed by atoms with Gasteiger partial charge in [-0.3, -0.25) is 14.9 Å². The number of aryl methyl sites for hydroxylation is 1. The van der Waals surface area contributed by atoms with Gasteiger partial charge in [-0.2, -0.15) is 0 Å². The van der Waals surface area contributed by atoms with Crippen LogP contribution in [0.2, 0.25) is 0 Å². The number of carbonyl (C=O) groups is 1. The Bertz CT molecular complexity index is 986. The number of carbonyl (C=O) groups excluding carboxylic acids is 1. The molecule has 0 saturated carbocycles. The van der Waals surface area contributed by atoms with Gasteiger partial charge in [0, 0.05) is 12.6 Å². The van der Waals surface area contributed by atoms with Gasteiger partial charge in [0.15, 0.2) is 12.4 Å². The molecule has 152 valence electrons. The highest BCUT2D eigenvalue weighted by Crippen LogP contribution is 2.28. The first-order valence-electron chi connectivity index (χ1n) is 8.99. The van der Waals surface area contributed by atoms with E-state index in [0.717, 1.165) is 16.9 Å². The second kappa shape index (κ2) is 9.28. The topological polar surface area (TPSA) is 112 Å². The zero-order chi connectivity index (χ0) is 20.8. The van der Waals surface area contributed by atoms with Crippen molar-refractivity contribution < 1.29 is 18.9 Å². The van der Waals surface area contributed by atoms with Crippen LogP contribution in [0.4, 0.5) is 5.69 Å². The SMILES string of the molecule is CCCN(Cc1nnc(-c2cccs2)o1)C(=O)COc1cc(C)ccc1[N+](=O)[O-]. The van der Waals surface area contributed by atoms with Gasteiger partial charge in [0.25, 0.3) is 11.8 Å². The molecule has 3 aromatic rings. The van der Waals surface area contributed by atoms with E-state index in [1.165, 1.54) is 22.3 Å². The minimum absolute atomic E-state index is 0.0672. The zero-order valence-corrected chi connectivity index (χ0v) is 16.8. The van der Waals surface area contributed by atoms with Gasteiger partial charge in [-0.1, -0.05) is 19.1 Å². The van der Waals surface area contributed by atoms with E-state index in [1.807, 2.05) is 24.4 Å². The van der Waals surface area contributed by atoms with E-state index in [4.69, 9.17) is 9.15 Å². The van der Waals surface area contributed by atoms with Gasteiger partial charge in [0.1, 0.15) is 0 Å². The summed E-state index contributed by atoms with van der Waals surface area (Å²) < 4.78 is 11.1. The lowest BCUT2D eigenvalue weighted by Gasteiger charge is -2.20. The van der Waals surface area contributed by atoms with E-state index in [9.17, 15) is 14.9 Å². The van der Waals surface area contributed by atoms with Crippen molar-refractivity contribution >= 4 is 22.9 Å². The summed E-state index contributed by atoms with van der Waals surface area (Å²) in [5, 5.41) is 21.1. The normalized spacial score (nSPS) is 10.7. The molecule has 2 aromatic heterocycles. The fourth-order valence-electron chi connectivity index (χ4n) is 2.66. The third-order valence-corrected chi connectivity index (χ3v) is 4.89. The minimum atomic E-state index is -0.534. The first-order chi connectivity index (χ1) is 14.0. The Balaban J connectivity index is 1.67. The Morgan fingerprint density at radius 1 is 1.34 bits per heavy atom. The van der Waals surface area contributed by atoms with Gasteiger partial charge in [-0.25, -0.2) is 0 Å². The first-order valence-corrected chi connectivity index (χ1v) is 9.87. The molecule has 29 heavy (non-hydrogen) atoms. The van der Waals surface area contributed by atoms with Crippen molar-refractivity contribution in [3.63, 3.8) is 0 Å². The van der Waals surface area contributed by atoms with E-state index in [1.54, 1.807) is 19.1 Å². The van der Waals surface area contributed by atoms with Crippen molar-refractivity contribution in [2.45, 2.75) is 26.8 Å². The molecule has 0 radical (unpaired) electrons. The second-order valence-corrected chi connectivity index (χ2v) is 7.26. The van der Waals surface area contributed by atoms with E-state index in [2.05, 4.69) is 10.2 Å². The molecule has 0 atom stereocenters. The van der Waals surface area contributed by atoms with Crippen LogP contribution in [0.3, 0.4) is 0 Å². The summed E-state index contributed by atoms with van der Waals surface area (Å²) in [6, 6.07) is 8.29. The Morgan fingerprint density at radius 2 is 2.17 bits per heavy atom. The fraction of sp³-hybridized carbons (Fsp3) is 0.316. The zero-order valence-electron chi connectivity index (χ0n) is 16.0. The van der Waals surface area contributed by atoms with E-state index in [-0.39, 0.29) is 30.5 Å². The highest BCUT2D eigenvalue weighted by atomic mass is 32.1. The van der Waals surface area contributed by atoms with Gasteiger partial charge >= 0.3 is 5.69 Å². The van der Waals surface area contributed by atoms with Crippen LogP contribution in [0, 0.1) is 17.0 Å². The number of hydrogen-bond donors (Lipinski definition) is 0. The summed E-state index contributed by atoms with van der Waals surface area (Å²) in [5.41, 5.74) is 0.623. The van der Waals surface area contributed by atoms with Crippen LogP contribution in [0.25, 0.3) is 10.8 Å². The van der Waals surface area contributed by atoms with E-state index < -0.39 is 4.92 Å². The largest absolute Gasteiger partial charge is 0.477 e. The van der Waals surface area contributed by atoms with Crippen molar-refractivity contribution in [1.29, 1.82) is 0 Å². The third kappa shape index (κ3) is 5.17. The molecule has 0 aliphatic heterocycles. The maximum atomic E-state index is 12.7. The van der Waals surface area contributed by atoms with Gasteiger partial charge < -0.3 is 14.1 Å². The molecule has 0 spiro atoms. The molecule has 1 aromatic carbocycles. The van der Waals surface area contributed by atoms with Gasteiger partial charge in [-0.05, 0) is 36.4 Å². The third-order valence-electron chi connectivity index (χ3n) is 4.03. The average molecular weight is 416 g/mol. The highest BCUT2D eigenvalue weighted by Gasteiger charge is 2.21. The number of ether oxygens (including phenoxy) is 1. The molecule has 0 unspecified atom stereocenters. The highest BCUT2D eigenvalue weighted by molar-refractivity contribution is 7.13. The number of rotatable bonds is 9. The quantitative estimate of drug-likeness (QED) is 0.385. The lowest BCUT2D eigenvalue weighted by molar-refractivity contribution is -0.385. The molecule has 1 amide bonds. The summed E-state index contributed by atoms with van der Waals surface area (Å²) in [5.74, 6) is 0.471. The Labute approximate surface area is 171 Å². The number of hydrogen-bond acceptors (Lipinski definition) is 8. The molecule has 0 saturated heterocycles. The van der Waals surface area contributed by atoms with Gasteiger partial charge in [0.2, 0.25) is 5.89 Å². The van der Waals surface area contributed by atoms with Crippen LogP contribution in [0.15, 0.2) is 40.1 Å². The molecule has 9 nitrogen and oxygen atoms in total. The van der Waals surface area contributed by atoms with Crippen molar-refractivity contribution in [3.8, 4) is 16.5 Å². The molecule has 2 heterocycles. The van der Waals surface area contributed by atoms with Crippen LogP contribution in [-0.2, 0) is 11.3 Å². The number of nitrogens with zero attached hydrogens (tertiary/aromatic N) is 4. The predicted molar refractivity (Wildman–Crippen MR) is 107 cm³/mol. The fourth-order valence-corrected chi connectivity index (χ4v) is 3.31.